The Balaban J connectivity index is 1.96. The number of nitro benzene ring substituents is 1. The van der Waals surface area contributed by atoms with E-state index in [1.54, 1.807) is 11.8 Å². The number of sulfonamides is 1. The highest BCUT2D eigenvalue weighted by atomic mass is 32.2. The van der Waals surface area contributed by atoms with Gasteiger partial charge in [-0.1, -0.05) is 18.2 Å². The summed E-state index contributed by atoms with van der Waals surface area (Å²) in [5, 5.41) is 14.2. The summed E-state index contributed by atoms with van der Waals surface area (Å²) in [5.41, 5.74) is 0.0526. The number of hydrogen-bond donors (Lipinski definition) is 2. The molecule has 25 heavy (non-hydrogen) atoms. The number of hydrogen-bond acceptors (Lipinski definition) is 6. The van der Waals surface area contributed by atoms with Gasteiger partial charge in [-0.05, 0) is 43.5 Å². The molecule has 2 aromatic rings. The lowest BCUT2D eigenvalue weighted by atomic mass is 10.2. The van der Waals surface area contributed by atoms with Crippen molar-refractivity contribution in [2.45, 2.75) is 16.2 Å². The van der Waals surface area contributed by atoms with Crippen LogP contribution in [0.3, 0.4) is 0 Å². The van der Waals surface area contributed by atoms with Crippen LogP contribution in [-0.2, 0) is 10.0 Å². The highest BCUT2D eigenvalue weighted by molar-refractivity contribution is 7.99. The van der Waals surface area contributed by atoms with Gasteiger partial charge in [-0.15, -0.1) is 11.8 Å². The summed E-state index contributed by atoms with van der Waals surface area (Å²) in [6.45, 7) is 0.554. The molecule has 2 rings (SSSR count). The van der Waals surface area contributed by atoms with E-state index in [1.165, 1.54) is 24.1 Å². The summed E-state index contributed by atoms with van der Waals surface area (Å²) < 4.78 is 25.7. The van der Waals surface area contributed by atoms with Gasteiger partial charge >= 0.3 is 0 Å². The third kappa shape index (κ3) is 5.45. The molecule has 0 spiro atoms. The summed E-state index contributed by atoms with van der Waals surface area (Å²) in [5.74, 6) is 0.872. The Bertz CT molecular complexity index is 827. The molecule has 0 fully saturated rings. The van der Waals surface area contributed by atoms with Crippen molar-refractivity contribution in [3.05, 3.63) is 58.6 Å². The quantitative estimate of drug-likeness (QED) is 0.300. The molecule has 0 heterocycles. The van der Waals surface area contributed by atoms with Crippen molar-refractivity contribution in [3.63, 3.8) is 0 Å². The molecular weight excluding hydrogens is 362 g/mol. The van der Waals surface area contributed by atoms with E-state index >= 15 is 0 Å². The Labute approximate surface area is 151 Å². The molecule has 0 aliphatic carbocycles. The van der Waals surface area contributed by atoms with Crippen LogP contribution in [0.2, 0.25) is 0 Å². The number of rotatable bonds is 9. The van der Waals surface area contributed by atoms with Gasteiger partial charge in [0.2, 0.25) is 10.0 Å². The SMILES string of the molecule is CNS(=O)(=O)c1ccc(NCCCSc2ccccc2)c([N+](=O)[O-])c1. The summed E-state index contributed by atoms with van der Waals surface area (Å²) in [6.07, 6.45) is 0.813. The molecular formula is C16H19N3O4S2. The minimum Gasteiger partial charge on any atom is -0.379 e. The maximum absolute atomic E-state index is 11.8. The van der Waals surface area contributed by atoms with Crippen LogP contribution in [0.5, 0.6) is 0 Å². The van der Waals surface area contributed by atoms with Gasteiger partial charge in [0.05, 0.1) is 9.82 Å². The first-order valence-corrected chi connectivity index (χ1v) is 10.0. The predicted molar refractivity (Wildman–Crippen MR) is 99.6 cm³/mol. The lowest BCUT2D eigenvalue weighted by Gasteiger charge is -2.09. The third-order valence-corrected chi connectivity index (χ3v) is 5.90. The van der Waals surface area contributed by atoms with Crippen LogP contribution in [0.25, 0.3) is 0 Å². The average molecular weight is 381 g/mol. The minimum atomic E-state index is -3.72. The molecule has 0 atom stereocenters. The topological polar surface area (TPSA) is 101 Å². The van der Waals surface area contributed by atoms with Gasteiger partial charge in [0.1, 0.15) is 5.69 Å². The molecule has 0 radical (unpaired) electrons. The Kier molecular flexibility index (Phi) is 6.80. The molecule has 134 valence electrons. The molecule has 0 saturated heterocycles. The lowest BCUT2D eigenvalue weighted by Crippen LogP contribution is -2.18. The fourth-order valence-corrected chi connectivity index (χ4v) is 3.72. The van der Waals surface area contributed by atoms with Crippen molar-refractivity contribution in [1.82, 2.24) is 4.72 Å². The van der Waals surface area contributed by atoms with Crippen molar-refractivity contribution in [3.8, 4) is 0 Å². The van der Waals surface area contributed by atoms with Crippen LogP contribution in [0.15, 0.2) is 58.3 Å². The molecule has 0 amide bonds. The normalized spacial score (nSPS) is 11.2. The van der Waals surface area contributed by atoms with E-state index in [2.05, 4.69) is 10.0 Å². The fourth-order valence-electron chi connectivity index (χ4n) is 2.10. The van der Waals surface area contributed by atoms with Crippen molar-refractivity contribution in [2.24, 2.45) is 0 Å². The second kappa shape index (κ2) is 8.84. The van der Waals surface area contributed by atoms with Crippen LogP contribution in [0.4, 0.5) is 11.4 Å². The van der Waals surface area contributed by atoms with Gasteiger partial charge in [0.15, 0.2) is 0 Å². The zero-order chi connectivity index (χ0) is 18.3. The van der Waals surface area contributed by atoms with Crippen LogP contribution in [0.1, 0.15) is 6.42 Å². The maximum Gasteiger partial charge on any atom is 0.293 e. The lowest BCUT2D eigenvalue weighted by molar-refractivity contribution is -0.384. The Morgan fingerprint density at radius 2 is 1.88 bits per heavy atom. The second-order valence-electron chi connectivity index (χ2n) is 5.09. The van der Waals surface area contributed by atoms with Gasteiger partial charge in [-0.2, -0.15) is 0 Å². The van der Waals surface area contributed by atoms with Crippen molar-refractivity contribution in [1.29, 1.82) is 0 Å². The molecule has 2 aromatic carbocycles. The van der Waals surface area contributed by atoms with Crippen LogP contribution in [0, 0.1) is 10.1 Å². The van der Waals surface area contributed by atoms with Gasteiger partial charge in [0, 0.05) is 17.5 Å². The van der Waals surface area contributed by atoms with Gasteiger partial charge < -0.3 is 5.32 Å². The van der Waals surface area contributed by atoms with Crippen LogP contribution < -0.4 is 10.0 Å². The van der Waals surface area contributed by atoms with E-state index < -0.39 is 14.9 Å². The van der Waals surface area contributed by atoms with E-state index in [4.69, 9.17) is 0 Å². The monoisotopic (exact) mass is 381 g/mol. The highest BCUT2D eigenvalue weighted by Gasteiger charge is 2.20. The van der Waals surface area contributed by atoms with Crippen molar-refractivity contribution in [2.75, 3.05) is 24.7 Å². The first-order valence-electron chi connectivity index (χ1n) is 7.58. The largest absolute Gasteiger partial charge is 0.379 e. The number of nitrogens with zero attached hydrogens (tertiary/aromatic N) is 1. The van der Waals surface area contributed by atoms with Crippen molar-refractivity contribution >= 4 is 33.2 Å². The van der Waals surface area contributed by atoms with E-state index in [1.807, 2.05) is 30.3 Å². The van der Waals surface area contributed by atoms with Crippen LogP contribution >= 0.6 is 11.8 Å². The Hall–Kier alpha value is -2.10. The Morgan fingerprint density at radius 3 is 2.52 bits per heavy atom. The first kappa shape index (κ1) is 19.2. The molecule has 7 nitrogen and oxygen atoms in total. The number of nitrogens with one attached hydrogen (secondary N) is 2. The molecule has 2 N–H and O–H groups in total. The van der Waals surface area contributed by atoms with Crippen LogP contribution in [-0.4, -0.2) is 32.7 Å². The Morgan fingerprint density at radius 1 is 1.16 bits per heavy atom. The summed E-state index contributed by atoms with van der Waals surface area (Å²) in [7, 11) is -2.45. The van der Waals surface area contributed by atoms with E-state index in [9.17, 15) is 18.5 Å². The number of thioether (sulfide) groups is 1. The first-order chi connectivity index (χ1) is 11.9. The molecule has 0 bridgehead atoms. The van der Waals surface area contributed by atoms with Crippen molar-refractivity contribution < 1.29 is 13.3 Å². The van der Waals surface area contributed by atoms with Gasteiger partial charge in [-0.25, -0.2) is 13.1 Å². The average Bonchev–Trinajstić information content (AvgIpc) is 2.62. The number of benzene rings is 2. The van der Waals surface area contributed by atoms with Gasteiger partial charge in [-0.3, -0.25) is 10.1 Å². The fraction of sp³-hybridized carbons (Fsp3) is 0.250. The minimum absolute atomic E-state index is 0.133. The molecule has 0 unspecified atom stereocenters. The standard InChI is InChI=1S/C16H19N3O4S2/c1-17-25(22,23)14-8-9-15(16(12-14)19(20)21)18-10-5-11-24-13-6-3-2-4-7-13/h2-4,6-9,12,17-18H,5,10-11H2,1H3. The van der Waals surface area contributed by atoms with Gasteiger partial charge in [0.25, 0.3) is 5.69 Å². The molecule has 9 heteroatoms. The molecule has 0 aliphatic heterocycles. The van der Waals surface area contributed by atoms with E-state index in [0.717, 1.165) is 18.2 Å². The molecule has 0 saturated carbocycles. The second-order valence-corrected chi connectivity index (χ2v) is 8.14. The molecule has 0 aliphatic rings. The van der Waals surface area contributed by atoms with E-state index in [-0.39, 0.29) is 10.6 Å². The van der Waals surface area contributed by atoms with E-state index in [0.29, 0.717) is 12.2 Å². The number of anilines is 1. The summed E-state index contributed by atoms with van der Waals surface area (Å²) in [4.78, 5) is 11.7. The zero-order valence-corrected chi connectivity index (χ0v) is 15.3. The summed E-state index contributed by atoms with van der Waals surface area (Å²) in [6, 6.07) is 13.8. The number of nitro groups is 1. The zero-order valence-electron chi connectivity index (χ0n) is 13.6. The third-order valence-electron chi connectivity index (χ3n) is 3.39. The summed E-state index contributed by atoms with van der Waals surface area (Å²) >= 11 is 1.71. The molecule has 0 aromatic heterocycles. The maximum atomic E-state index is 11.8. The smallest absolute Gasteiger partial charge is 0.293 e. The highest BCUT2D eigenvalue weighted by Crippen LogP contribution is 2.27. The predicted octanol–water partition coefficient (Wildman–Crippen LogP) is 3.10.